The van der Waals surface area contributed by atoms with Crippen LogP contribution in [0.4, 0.5) is 11.4 Å². The van der Waals surface area contributed by atoms with Gasteiger partial charge in [-0.15, -0.1) is 0 Å². The molecule has 0 heterocycles. The number of anilines is 2. The van der Waals surface area contributed by atoms with E-state index in [0.29, 0.717) is 23.8 Å². The summed E-state index contributed by atoms with van der Waals surface area (Å²) < 4.78 is 44.5. The predicted molar refractivity (Wildman–Crippen MR) is 131 cm³/mol. The fraction of sp³-hybridized carbons (Fsp3) is 0.240. The Bertz CT molecular complexity index is 1240. The number of carbonyl (C=O) groups excluding carboxylic acids is 1. The molecule has 0 unspecified atom stereocenters. The first kappa shape index (κ1) is 24.9. The van der Waals surface area contributed by atoms with E-state index in [9.17, 15) is 13.2 Å². The van der Waals surface area contributed by atoms with Gasteiger partial charge in [0, 0.05) is 17.8 Å². The average molecular weight is 485 g/mol. The second kappa shape index (κ2) is 10.9. The lowest BCUT2D eigenvalue weighted by atomic mass is 10.2. The molecule has 0 aliphatic carbocycles. The van der Waals surface area contributed by atoms with E-state index in [1.165, 1.54) is 32.4 Å². The Morgan fingerprint density at radius 1 is 0.941 bits per heavy atom. The fourth-order valence-electron chi connectivity index (χ4n) is 3.29. The number of amides is 1. The number of ether oxygens (including phenoxy) is 3. The molecule has 0 radical (unpaired) electrons. The Morgan fingerprint density at radius 2 is 1.68 bits per heavy atom. The molecule has 180 valence electrons. The van der Waals surface area contributed by atoms with Gasteiger partial charge in [0.25, 0.3) is 10.0 Å². The zero-order chi connectivity index (χ0) is 24.7. The lowest BCUT2D eigenvalue weighted by Gasteiger charge is -2.26. The lowest BCUT2D eigenvalue weighted by Crippen LogP contribution is -2.38. The predicted octanol–water partition coefficient (Wildman–Crippen LogP) is 4.24. The number of nitrogens with zero attached hydrogens (tertiary/aromatic N) is 1. The van der Waals surface area contributed by atoms with Gasteiger partial charge in [0.15, 0.2) is 0 Å². The molecular formula is C25H28N2O6S. The first-order valence-corrected chi connectivity index (χ1v) is 12.1. The molecule has 34 heavy (non-hydrogen) atoms. The van der Waals surface area contributed by atoms with Gasteiger partial charge in [0.2, 0.25) is 5.91 Å². The Kier molecular flexibility index (Phi) is 8.01. The Balaban J connectivity index is 2.01. The number of benzene rings is 3. The van der Waals surface area contributed by atoms with E-state index < -0.39 is 22.5 Å². The van der Waals surface area contributed by atoms with Crippen molar-refractivity contribution < 1.29 is 27.4 Å². The van der Waals surface area contributed by atoms with E-state index in [4.69, 9.17) is 14.2 Å². The minimum atomic E-state index is -4.12. The highest BCUT2D eigenvalue weighted by molar-refractivity contribution is 7.92. The van der Waals surface area contributed by atoms with Gasteiger partial charge in [0.05, 0.1) is 31.4 Å². The summed E-state index contributed by atoms with van der Waals surface area (Å²) >= 11 is 0. The second-order valence-corrected chi connectivity index (χ2v) is 9.23. The molecule has 9 heteroatoms. The van der Waals surface area contributed by atoms with Crippen molar-refractivity contribution in [1.82, 2.24) is 0 Å². The number of aryl methyl sites for hydroxylation is 1. The van der Waals surface area contributed by atoms with Crippen molar-refractivity contribution in [3.05, 3.63) is 72.3 Å². The van der Waals surface area contributed by atoms with Crippen LogP contribution in [0.25, 0.3) is 0 Å². The van der Waals surface area contributed by atoms with Crippen LogP contribution in [0, 0.1) is 6.92 Å². The van der Waals surface area contributed by atoms with Gasteiger partial charge >= 0.3 is 0 Å². The van der Waals surface area contributed by atoms with Gasteiger partial charge in [-0.2, -0.15) is 0 Å². The molecule has 3 aromatic carbocycles. The molecule has 3 rings (SSSR count). The number of sulfonamides is 1. The Morgan fingerprint density at radius 3 is 2.32 bits per heavy atom. The van der Waals surface area contributed by atoms with E-state index in [1.807, 2.05) is 13.8 Å². The third-order valence-electron chi connectivity index (χ3n) is 4.98. The van der Waals surface area contributed by atoms with Crippen LogP contribution in [-0.2, 0) is 14.8 Å². The lowest BCUT2D eigenvalue weighted by molar-refractivity contribution is -0.114. The fourth-order valence-corrected chi connectivity index (χ4v) is 4.71. The van der Waals surface area contributed by atoms with Gasteiger partial charge in [-0.05, 0) is 50.2 Å². The molecule has 1 N–H and O–H groups in total. The summed E-state index contributed by atoms with van der Waals surface area (Å²) in [6.45, 7) is 3.72. The SMILES string of the molecule is CCOc1cccc(NC(=O)CN(c2cc(OC)ccc2OC)S(=O)(=O)c2ccc(C)cc2)c1. The van der Waals surface area contributed by atoms with Crippen molar-refractivity contribution in [2.75, 3.05) is 37.0 Å². The number of hydrogen-bond donors (Lipinski definition) is 1. The molecule has 8 nitrogen and oxygen atoms in total. The molecule has 0 aromatic heterocycles. The van der Waals surface area contributed by atoms with Crippen molar-refractivity contribution in [3.63, 3.8) is 0 Å². The van der Waals surface area contributed by atoms with Gasteiger partial charge in [0.1, 0.15) is 23.8 Å². The molecule has 0 spiro atoms. The number of hydrogen-bond acceptors (Lipinski definition) is 6. The smallest absolute Gasteiger partial charge is 0.264 e. The number of rotatable bonds is 10. The van der Waals surface area contributed by atoms with Crippen molar-refractivity contribution >= 4 is 27.3 Å². The average Bonchev–Trinajstić information content (AvgIpc) is 2.82. The maximum absolute atomic E-state index is 13.7. The van der Waals surface area contributed by atoms with Crippen LogP contribution < -0.4 is 23.8 Å². The summed E-state index contributed by atoms with van der Waals surface area (Å²) in [7, 11) is -1.21. The minimum Gasteiger partial charge on any atom is -0.497 e. The molecule has 1 amide bonds. The highest BCUT2D eigenvalue weighted by atomic mass is 32.2. The summed E-state index contributed by atoms with van der Waals surface area (Å²) in [4.78, 5) is 13.1. The molecular weight excluding hydrogens is 456 g/mol. The van der Waals surface area contributed by atoms with Crippen LogP contribution in [0.3, 0.4) is 0 Å². The standard InChI is InChI=1S/C25H28N2O6S/c1-5-33-21-8-6-7-19(15-21)26-25(28)17-27(23-16-20(31-3)11-14-24(23)32-4)34(29,30)22-12-9-18(2)10-13-22/h6-16H,5,17H2,1-4H3,(H,26,28). The van der Waals surface area contributed by atoms with Crippen LogP contribution in [0.5, 0.6) is 17.2 Å². The molecule has 0 aliphatic rings. The summed E-state index contributed by atoms with van der Waals surface area (Å²) in [6.07, 6.45) is 0. The molecule has 0 fully saturated rings. The Hall–Kier alpha value is -3.72. The van der Waals surface area contributed by atoms with Crippen LogP contribution in [-0.4, -0.2) is 41.7 Å². The summed E-state index contributed by atoms with van der Waals surface area (Å²) in [5, 5.41) is 2.74. The maximum atomic E-state index is 13.7. The van der Waals surface area contributed by atoms with E-state index in [1.54, 1.807) is 48.5 Å². The van der Waals surface area contributed by atoms with Crippen LogP contribution >= 0.6 is 0 Å². The van der Waals surface area contributed by atoms with E-state index in [0.717, 1.165) is 9.87 Å². The zero-order valence-electron chi connectivity index (χ0n) is 19.6. The summed E-state index contributed by atoms with van der Waals surface area (Å²) in [5.41, 5.74) is 1.58. The third-order valence-corrected chi connectivity index (χ3v) is 6.75. The van der Waals surface area contributed by atoms with Crippen LogP contribution in [0.15, 0.2) is 71.6 Å². The minimum absolute atomic E-state index is 0.0501. The second-order valence-electron chi connectivity index (χ2n) is 7.37. The normalized spacial score (nSPS) is 10.9. The molecule has 0 atom stereocenters. The molecule has 0 saturated heterocycles. The summed E-state index contributed by atoms with van der Waals surface area (Å²) in [6, 6.07) is 18.1. The van der Waals surface area contributed by atoms with Crippen molar-refractivity contribution in [3.8, 4) is 17.2 Å². The number of nitrogens with one attached hydrogen (secondary N) is 1. The largest absolute Gasteiger partial charge is 0.497 e. The van der Waals surface area contributed by atoms with E-state index in [2.05, 4.69) is 5.32 Å². The topological polar surface area (TPSA) is 94.2 Å². The monoisotopic (exact) mass is 484 g/mol. The van der Waals surface area contributed by atoms with Gasteiger partial charge in [-0.1, -0.05) is 23.8 Å². The quantitative estimate of drug-likeness (QED) is 0.463. The van der Waals surface area contributed by atoms with E-state index >= 15 is 0 Å². The first-order chi connectivity index (χ1) is 16.3. The Labute approximate surface area is 200 Å². The van der Waals surface area contributed by atoms with E-state index in [-0.39, 0.29) is 16.3 Å². The highest BCUT2D eigenvalue weighted by Gasteiger charge is 2.30. The van der Waals surface area contributed by atoms with Gasteiger partial charge < -0.3 is 19.5 Å². The molecule has 0 bridgehead atoms. The first-order valence-electron chi connectivity index (χ1n) is 10.6. The van der Waals surface area contributed by atoms with Crippen molar-refractivity contribution in [2.45, 2.75) is 18.7 Å². The number of methoxy groups -OCH3 is 2. The maximum Gasteiger partial charge on any atom is 0.264 e. The number of carbonyl (C=O) groups is 1. The van der Waals surface area contributed by atoms with Crippen LogP contribution in [0.2, 0.25) is 0 Å². The van der Waals surface area contributed by atoms with Gasteiger partial charge in [-0.3, -0.25) is 9.10 Å². The van der Waals surface area contributed by atoms with Crippen molar-refractivity contribution in [2.24, 2.45) is 0 Å². The molecule has 0 aliphatic heterocycles. The summed E-state index contributed by atoms with van der Waals surface area (Å²) in [5.74, 6) is 0.764. The molecule has 0 saturated carbocycles. The van der Waals surface area contributed by atoms with Gasteiger partial charge in [-0.25, -0.2) is 8.42 Å². The third kappa shape index (κ3) is 5.79. The zero-order valence-corrected chi connectivity index (χ0v) is 20.4. The van der Waals surface area contributed by atoms with Crippen molar-refractivity contribution in [1.29, 1.82) is 0 Å². The molecule has 3 aromatic rings. The van der Waals surface area contributed by atoms with Crippen LogP contribution in [0.1, 0.15) is 12.5 Å². The highest BCUT2D eigenvalue weighted by Crippen LogP contribution is 2.35.